The number of hydrogen-bond acceptors (Lipinski definition) is 0. The normalized spacial score (nSPS) is 39.0. The van der Waals surface area contributed by atoms with Crippen molar-refractivity contribution >= 4 is 25.9 Å². The van der Waals surface area contributed by atoms with Gasteiger partial charge < -0.3 is 0 Å². The van der Waals surface area contributed by atoms with Crippen LogP contribution in [0.3, 0.4) is 0 Å². The Morgan fingerprint density at radius 3 is 1.75 bits per heavy atom. The lowest BCUT2D eigenvalue weighted by Gasteiger charge is -1.56. The molecule has 0 atom stereocenters. The molecular formula is CHSi3. The predicted octanol–water partition coefficient (Wildman–Crippen LogP) is -0.805. The van der Waals surface area contributed by atoms with E-state index in [0.717, 1.165) is 0 Å². The van der Waals surface area contributed by atoms with Gasteiger partial charge >= 0.3 is 0 Å². The fraction of sp³-hybridized carbons (Fsp3) is 1.00. The Labute approximate surface area is 31.4 Å². The molecule has 2 aliphatic rings. The zero-order chi connectivity index (χ0) is 2.57. The second-order valence-corrected chi connectivity index (χ2v) is 12.5. The zero-order valence-electron chi connectivity index (χ0n) is 2.08. The van der Waals surface area contributed by atoms with Crippen LogP contribution in [-0.2, 0) is 0 Å². The van der Waals surface area contributed by atoms with Crippen molar-refractivity contribution in [2.45, 2.75) is 4.79 Å². The van der Waals surface area contributed by atoms with Crippen molar-refractivity contribution in [3.05, 3.63) is 0 Å². The number of rotatable bonds is 0. The fourth-order valence-corrected chi connectivity index (χ4v) is 10.0. The van der Waals surface area contributed by atoms with E-state index in [0.29, 0.717) is 7.83 Å². The molecule has 0 aromatic rings. The summed E-state index contributed by atoms with van der Waals surface area (Å²) in [6.07, 6.45) is 0. The Balaban J connectivity index is 2.48. The van der Waals surface area contributed by atoms with Crippen LogP contribution in [-0.4, -0.2) is 25.9 Å². The third-order valence-electron chi connectivity index (χ3n) is 0.722. The van der Waals surface area contributed by atoms with Crippen LogP contribution in [0.15, 0.2) is 0 Å². The summed E-state index contributed by atoms with van der Waals surface area (Å²) < 4.78 is 0. The summed E-state index contributed by atoms with van der Waals surface area (Å²) in [6.45, 7) is 0. The van der Waals surface area contributed by atoms with Gasteiger partial charge in [-0.3, -0.25) is 0 Å². The molecule has 2 aliphatic heterocycles. The molecule has 0 aromatic heterocycles. The van der Waals surface area contributed by atoms with Gasteiger partial charge in [-0.1, -0.05) is 4.79 Å². The van der Waals surface area contributed by atoms with E-state index in [1.165, 1.54) is 22.9 Å². The number of fused-ring (bicyclic) bond motifs is 1. The molecule has 0 unspecified atom stereocenters. The van der Waals surface area contributed by atoms with E-state index >= 15 is 0 Å². The largest absolute Gasteiger partial charge is 0.0725 e. The highest BCUT2D eigenvalue weighted by Gasteiger charge is 2.55. The standard InChI is InChI=1S/CHSi3/c2-1-3-4(1)2/h1H. The fourth-order valence-electron chi connectivity index (χ4n) is 0.228. The topological polar surface area (TPSA) is 0 Å². The highest BCUT2D eigenvalue weighted by molar-refractivity contribution is 7.75. The van der Waals surface area contributed by atoms with Crippen molar-refractivity contribution in [2.75, 3.05) is 0 Å². The SMILES string of the molecule is [Si]1C2[Si][Si]12. The third kappa shape index (κ3) is 0.0965. The first-order chi connectivity index (χ1) is 1.97. The second-order valence-electron chi connectivity index (χ2n) is 1.14. The quantitative estimate of drug-likeness (QED) is 0.347. The molecule has 0 bridgehead atoms. The molecule has 0 nitrogen and oxygen atoms in total. The van der Waals surface area contributed by atoms with Gasteiger partial charge in [0, 0.05) is 25.9 Å². The van der Waals surface area contributed by atoms with E-state index in [4.69, 9.17) is 0 Å². The Hall–Kier alpha value is 0.651. The first-order valence-corrected chi connectivity index (χ1v) is 7.10. The lowest BCUT2D eigenvalue weighted by molar-refractivity contribution is 2.08. The summed E-state index contributed by atoms with van der Waals surface area (Å²) in [5.74, 6) is 0. The van der Waals surface area contributed by atoms with Gasteiger partial charge in [0.2, 0.25) is 0 Å². The molecule has 2 rings (SSSR count). The summed E-state index contributed by atoms with van der Waals surface area (Å²) in [7, 11) is 3.63. The van der Waals surface area contributed by atoms with Crippen molar-refractivity contribution in [1.82, 2.24) is 0 Å². The Kier molecular flexibility index (Phi) is 0.166. The molecule has 0 spiro atoms. The Morgan fingerprint density at radius 1 is 1.50 bits per heavy atom. The molecule has 0 saturated carbocycles. The number of hydrogen-bond donors (Lipinski definition) is 0. The Bertz CT molecular complexity index is 39.2. The monoisotopic (exact) mass is 96.9 g/mol. The van der Waals surface area contributed by atoms with Gasteiger partial charge in [0.1, 0.15) is 0 Å². The van der Waals surface area contributed by atoms with E-state index in [1.807, 2.05) is 0 Å². The van der Waals surface area contributed by atoms with Crippen LogP contribution in [0, 0.1) is 0 Å². The molecule has 17 valence electrons. The lowest BCUT2D eigenvalue weighted by atomic mass is 11.8. The molecule has 2 saturated heterocycles. The summed E-state index contributed by atoms with van der Waals surface area (Å²) in [5.41, 5.74) is 0. The zero-order valence-corrected chi connectivity index (χ0v) is 5.08. The Morgan fingerprint density at radius 2 is 1.75 bits per heavy atom. The molecule has 0 amide bonds. The van der Waals surface area contributed by atoms with E-state index in [9.17, 15) is 0 Å². The maximum Gasteiger partial charge on any atom is 0.0179 e. The molecule has 0 aromatic carbocycles. The highest BCUT2D eigenvalue weighted by Crippen LogP contribution is 2.39. The van der Waals surface area contributed by atoms with Crippen LogP contribution in [0.1, 0.15) is 0 Å². The van der Waals surface area contributed by atoms with Crippen molar-refractivity contribution in [3.8, 4) is 0 Å². The third-order valence-corrected chi connectivity index (χ3v) is 14.3. The van der Waals surface area contributed by atoms with Gasteiger partial charge in [-0.25, -0.2) is 0 Å². The maximum atomic E-state index is 1.52. The minimum absolute atomic E-state index is 0.593. The van der Waals surface area contributed by atoms with Gasteiger partial charge in [-0.15, -0.1) is 0 Å². The first-order valence-electron chi connectivity index (χ1n) is 1.37. The molecule has 3 heteroatoms. The summed E-state index contributed by atoms with van der Waals surface area (Å²) >= 11 is 0. The average molecular weight is 97.3 g/mol. The summed E-state index contributed by atoms with van der Waals surface area (Å²) in [6, 6.07) is 0. The van der Waals surface area contributed by atoms with Gasteiger partial charge in [0.25, 0.3) is 0 Å². The van der Waals surface area contributed by atoms with Gasteiger partial charge in [0.15, 0.2) is 0 Å². The molecule has 2 fully saturated rings. The smallest absolute Gasteiger partial charge is 0.0179 e. The predicted molar refractivity (Wildman–Crippen MR) is 21.0 cm³/mol. The first kappa shape index (κ1) is 1.94. The molecule has 4 heavy (non-hydrogen) atoms. The van der Waals surface area contributed by atoms with Crippen LogP contribution in [0.4, 0.5) is 0 Å². The van der Waals surface area contributed by atoms with Crippen LogP contribution in [0.2, 0.25) is 4.79 Å². The molecule has 0 N–H and O–H groups in total. The second kappa shape index (κ2) is 0.343. The van der Waals surface area contributed by atoms with Gasteiger partial charge in [-0.05, 0) is 0 Å². The van der Waals surface area contributed by atoms with Gasteiger partial charge in [0.05, 0.1) is 0 Å². The molecule has 5 radical (unpaired) electrons. The highest BCUT2D eigenvalue weighted by atomic mass is 29.7. The van der Waals surface area contributed by atoms with Crippen molar-refractivity contribution in [2.24, 2.45) is 0 Å². The van der Waals surface area contributed by atoms with Crippen molar-refractivity contribution < 1.29 is 0 Å². The maximum absolute atomic E-state index is 1.52. The van der Waals surface area contributed by atoms with Crippen LogP contribution < -0.4 is 0 Å². The molecular weight excluding hydrogens is 96.3 g/mol. The van der Waals surface area contributed by atoms with E-state index in [1.54, 1.807) is 0 Å². The van der Waals surface area contributed by atoms with Crippen molar-refractivity contribution in [3.63, 3.8) is 0 Å². The van der Waals surface area contributed by atoms with Crippen LogP contribution in [0.25, 0.3) is 0 Å². The van der Waals surface area contributed by atoms with E-state index in [2.05, 4.69) is 0 Å². The molecule has 2 heterocycles. The minimum Gasteiger partial charge on any atom is -0.0725 e. The minimum atomic E-state index is 0.593. The van der Waals surface area contributed by atoms with E-state index in [-0.39, 0.29) is 0 Å². The summed E-state index contributed by atoms with van der Waals surface area (Å²) in [4.78, 5) is 1.41. The van der Waals surface area contributed by atoms with Gasteiger partial charge in [-0.2, -0.15) is 0 Å². The molecule has 0 aliphatic carbocycles. The van der Waals surface area contributed by atoms with Crippen LogP contribution in [0.5, 0.6) is 0 Å². The van der Waals surface area contributed by atoms with Crippen LogP contribution >= 0.6 is 0 Å². The lowest BCUT2D eigenvalue weighted by Crippen LogP contribution is -1.87. The van der Waals surface area contributed by atoms with Crippen molar-refractivity contribution in [1.29, 1.82) is 0 Å². The summed E-state index contributed by atoms with van der Waals surface area (Å²) in [5, 5.41) is 0. The average Bonchev–Trinajstić information content (AvgIpc) is 1.36. The van der Waals surface area contributed by atoms with E-state index < -0.39 is 0 Å².